The van der Waals surface area contributed by atoms with E-state index in [4.69, 9.17) is 0 Å². The first-order chi connectivity index (χ1) is 13.3. The molecule has 0 fully saturated rings. The first-order valence-corrected chi connectivity index (χ1v) is 7.97. The molecule has 0 aliphatic rings. The van der Waals surface area contributed by atoms with Gasteiger partial charge in [0.25, 0.3) is 17.2 Å². The number of nitrogens with zero attached hydrogens (tertiary/aromatic N) is 6. The summed E-state index contributed by atoms with van der Waals surface area (Å²) in [6.07, 6.45) is 2.43. The molecule has 1 amide bonds. The number of hydrazone groups is 1. The van der Waals surface area contributed by atoms with Crippen LogP contribution in [0.25, 0.3) is 11.2 Å². The van der Waals surface area contributed by atoms with E-state index in [0.717, 1.165) is 10.8 Å². The third-order valence-electron chi connectivity index (χ3n) is 4.06. The van der Waals surface area contributed by atoms with Crippen LogP contribution in [0.3, 0.4) is 0 Å². The van der Waals surface area contributed by atoms with Gasteiger partial charge in [0.15, 0.2) is 11.2 Å². The van der Waals surface area contributed by atoms with Crippen LogP contribution in [-0.2, 0) is 25.4 Å². The molecule has 0 radical (unpaired) electrons. The number of amides is 1. The molecule has 12 nitrogen and oxygen atoms in total. The number of nitro benzene ring substituents is 1. The average molecular weight is 385 g/mol. The Morgan fingerprint density at radius 1 is 1.29 bits per heavy atom. The highest BCUT2D eigenvalue weighted by atomic mass is 16.6. The number of carbonyl (C=O) groups excluding carboxylic acids is 1. The van der Waals surface area contributed by atoms with E-state index >= 15 is 0 Å². The highest BCUT2D eigenvalue weighted by Gasteiger charge is 2.16. The quantitative estimate of drug-likeness (QED) is 0.356. The zero-order chi connectivity index (χ0) is 20.4. The molecule has 3 rings (SSSR count). The van der Waals surface area contributed by atoms with Gasteiger partial charge in [-0.25, -0.2) is 15.2 Å². The number of imidazole rings is 1. The number of benzene rings is 1. The van der Waals surface area contributed by atoms with Crippen molar-refractivity contribution < 1.29 is 9.72 Å². The Morgan fingerprint density at radius 3 is 2.71 bits per heavy atom. The zero-order valence-electron chi connectivity index (χ0n) is 14.9. The van der Waals surface area contributed by atoms with E-state index in [9.17, 15) is 24.5 Å². The number of carbonyl (C=O) groups is 1. The standard InChI is InChI=1S/C16H15N7O5/c1-20-14-13(15(25)21(2)16(20)26)22(9-17-14)8-12(24)19-18-7-10-5-3-4-6-11(10)23(27)28/h3-7,9H,8H2,1-2H3,(H,19,24)/b18-7+. The zero-order valence-corrected chi connectivity index (χ0v) is 14.9. The van der Waals surface area contributed by atoms with Crippen molar-refractivity contribution in [3.8, 4) is 0 Å². The maximum absolute atomic E-state index is 12.3. The lowest BCUT2D eigenvalue weighted by Crippen LogP contribution is -2.38. The summed E-state index contributed by atoms with van der Waals surface area (Å²) in [7, 11) is 2.80. The Labute approximate surface area is 156 Å². The van der Waals surface area contributed by atoms with Crippen LogP contribution in [0.2, 0.25) is 0 Å². The number of nitro groups is 1. The lowest BCUT2D eigenvalue weighted by molar-refractivity contribution is -0.385. The van der Waals surface area contributed by atoms with Gasteiger partial charge in [0, 0.05) is 20.2 Å². The van der Waals surface area contributed by atoms with E-state index in [1.807, 2.05) is 0 Å². The summed E-state index contributed by atoms with van der Waals surface area (Å²) < 4.78 is 3.43. The van der Waals surface area contributed by atoms with Crippen LogP contribution in [0, 0.1) is 10.1 Å². The maximum Gasteiger partial charge on any atom is 0.332 e. The molecule has 0 aliphatic carbocycles. The Hall–Kier alpha value is -4.09. The van der Waals surface area contributed by atoms with Crippen molar-refractivity contribution >= 4 is 29.0 Å². The minimum atomic E-state index is -0.579. The van der Waals surface area contributed by atoms with Crippen LogP contribution in [0.15, 0.2) is 45.3 Å². The van der Waals surface area contributed by atoms with Gasteiger partial charge < -0.3 is 4.57 Å². The minimum absolute atomic E-state index is 0.0995. The normalized spacial score (nSPS) is 11.2. The van der Waals surface area contributed by atoms with Crippen molar-refractivity contribution in [3.05, 3.63) is 67.1 Å². The summed E-state index contributed by atoms with van der Waals surface area (Å²) in [5.74, 6) is -0.579. The van der Waals surface area contributed by atoms with Gasteiger partial charge >= 0.3 is 5.69 Å². The first kappa shape index (κ1) is 18.7. The molecular formula is C16H15N7O5. The van der Waals surface area contributed by atoms with Crippen molar-refractivity contribution in [2.75, 3.05) is 0 Å². The molecule has 1 N–H and O–H groups in total. The summed E-state index contributed by atoms with van der Waals surface area (Å²) in [6.45, 7) is -0.280. The molecule has 28 heavy (non-hydrogen) atoms. The molecule has 0 aliphatic heterocycles. The van der Waals surface area contributed by atoms with Crippen LogP contribution < -0.4 is 16.7 Å². The molecular weight excluding hydrogens is 370 g/mol. The Bertz CT molecular complexity index is 1230. The summed E-state index contributed by atoms with van der Waals surface area (Å²) in [5, 5.41) is 14.7. The van der Waals surface area contributed by atoms with Gasteiger partial charge in [-0.15, -0.1) is 0 Å². The topological polar surface area (TPSA) is 146 Å². The fourth-order valence-corrected chi connectivity index (χ4v) is 2.64. The Morgan fingerprint density at radius 2 is 2.00 bits per heavy atom. The van der Waals surface area contributed by atoms with Gasteiger partial charge in [-0.3, -0.25) is 28.8 Å². The molecule has 2 heterocycles. The SMILES string of the molecule is Cn1c(=O)c2c(ncn2CC(=O)N/N=C/c2ccccc2[N+](=O)[O-])n(C)c1=O. The number of rotatable bonds is 5. The van der Waals surface area contributed by atoms with Crippen molar-refractivity contribution in [1.29, 1.82) is 0 Å². The highest BCUT2D eigenvalue weighted by molar-refractivity contribution is 5.86. The average Bonchev–Trinajstić information content (AvgIpc) is 3.08. The highest BCUT2D eigenvalue weighted by Crippen LogP contribution is 2.15. The molecule has 144 valence electrons. The van der Waals surface area contributed by atoms with Gasteiger partial charge in [-0.1, -0.05) is 12.1 Å². The number of hydrogen-bond donors (Lipinski definition) is 1. The van der Waals surface area contributed by atoms with E-state index in [1.54, 1.807) is 6.07 Å². The molecule has 3 aromatic rings. The lowest BCUT2D eigenvalue weighted by atomic mass is 10.2. The predicted molar refractivity (Wildman–Crippen MR) is 99.0 cm³/mol. The Balaban J connectivity index is 1.81. The number of hydrogen-bond acceptors (Lipinski definition) is 7. The molecule has 0 atom stereocenters. The lowest BCUT2D eigenvalue weighted by Gasteiger charge is -2.06. The monoisotopic (exact) mass is 385 g/mol. The van der Waals surface area contributed by atoms with E-state index in [-0.39, 0.29) is 29.0 Å². The van der Waals surface area contributed by atoms with Crippen LogP contribution >= 0.6 is 0 Å². The molecule has 0 unspecified atom stereocenters. The van der Waals surface area contributed by atoms with Gasteiger partial charge in [-0.2, -0.15) is 5.10 Å². The summed E-state index contributed by atoms with van der Waals surface area (Å²) in [4.78, 5) is 50.8. The summed E-state index contributed by atoms with van der Waals surface area (Å²) in [5.41, 5.74) is 1.47. The van der Waals surface area contributed by atoms with Crippen molar-refractivity contribution in [1.82, 2.24) is 24.1 Å². The van der Waals surface area contributed by atoms with Crippen LogP contribution in [0.1, 0.15) is 5.56 Å². The second-order valence-corrected chi connectivity index (χ2v) is 5.86. The third-order valence-corrected chi connectivity index (χ3v) is 4.06. The van der Waals surface area contributed by atoms with Crippen molar-refractivity contribution in [2.24, 2.45) is 19.2 Å². The molecule has 0 spiro atoms. The Kier molecular flexibility index (Phi) is 4.85. The van der Waals surface area contributed by atoms with E-state index in [2.05, 4.69) is 15.5 Å². The predicted octanol–water partition coefficient (Wildman–Crippen LogP) is -0.508. The second-order valence-electron chi connectivity index (χ2n) is 5.86. The smallest absolute Gasteiger partial charge is 0.315 e. The number of aryl methyl sites for hydroxylation is 1. The fourth-order valence-electron chi connectivity index (χ4n) is 2.64. The van der Waals surface area contributed by atoms with Gasteiger partial charge in [-0.05, 0) is 6.07 Å². The van der Waals surface area contributed by atoms with Crippen LogP contribution in [-0.4, -0.2) is 35.7 Å². The van der Waals surface area contributed by atoms with Crippen LogP contribution in [0.4, 0.5) is 5.69 Å². The molecule has 0 saturated heterocycles. The molecule has 0 saturated carbocycles. The molecule has 1 aromatic carbocycles. The first-order valence-electron chi connectivity index (χ1n) is 7.97. The number of aromatic nitrogens is 4. The largest absolute Gasteiger partial charge is 0.332 e. The number of fused-ring (bicyclic) bond motifs is 1. The van der Waals surface area contributed by atoms with Crippen LogP contribution in [0.5, 0.6) is 0 Å². The maximum atomic E-state index is 12.3. The molecule has 12 heteroatoms. The third kappa shape index (κ3) is 3.30. The molecule has 0 bridgehead atoms. The van der Waals surface area contributed by atoms with E-state index in [1.165, 1.54) is 47.8 Å². The second kappa shape index (κ2) is 7.26. The van der Waals surface area contributed by atoms with Crippen molar-refractivity contribution in [2.45, 2.75) is 6.54 Å². The number of para-hydroxylation sites is 1. The summed E-state index contributed by atoms with van der Waals surface area (Å²) >= 11 is 0. The van der Waals surface area contributed by atoms with Gasteiger partial charge in [0.1, 0.15) is 6.54 Å². The van der Waals surface area contributed by atoms with E-state index in [0.29, 0.717) is 0 Å². The van der Waals surface area contributed by atoms with Crippen molar-refractivity contribution in [3.63, 3.8) is 0 Å². The fraction of sp³-hybridized carbons (Fsp3) is 0.188. The van der Waals surface area contributed by atoms with Gasteiger partial charge in [0.05, 0.1) is 23.0 Å². The molecule has 2 aromatic heterocycles. The van der Waals surface area contributed by atoms with E-state index < -0.39 is 22.1 Å². The number of nitrogens with one attached hydrogen (secondary N) is 1. The summed E-state index contributed by atoms with van der Waals surface area (Å²) in [6, 6.07) is 5.93. The van der Waals surface area contributed by atoms with Gasteiger partial charge in [0.2, 0.25) is 0 Å². The minimum Gasteiger partial charge on any atom is -0.315 e.